The van der Waals surface area contributed by atoms with Gasteiger partial charge in [-0.05, 0) is 54.1 Å². The summed E-state index contributed by atoms with van der Waals surface area (Å²) in [5.74, 6) is -0.664. The van der Waals surface area contributed by atoms with E-state index in [1.807, 2.05) is 0 Å². The summed E-state index contributed by atoms with van der Waals surface area (Å²) in [6.45, 7) is -0.0578. The first kappa shape index (κ1) is 25.6. The molecular formula is C23H18Cl2FN5O4S. The molecule has 2 N–H and O–H groups in total. The summed E-state index contributed by atoms with van der Waals surface area (Å²) in [5.41, 5.74) is 6.92. The van der Waals surface area contributed by atoms with Gasteiger partial charge in [0.1, 0.15) is 34.8 Å². The molecule has 0 aliphatic rings. The predicted molar refractivity (Wildman–Crippen MR) is 133 cm³/mol. The van der Waals surface area contributed by atoms with Crippen molar-refractivity contribution < 1.29 is 22.3 Å². The predicted octanol–water partition coefficient (Wildman–Crippen LogP) is 4.66. The summed E-state index contributed by atoms with van der Waals surface area (Å²) in [6, 6.07) is 12.8. The number of sulfonamides is 1. The van der Waals surface area contributed by atoms with E-state index in [1.165, 1.54) is 36.3 Å². The van der Waals surface area contributed by atoms with E-state index in [2.05, 4.69) is 14.5 Å². The Hall–Kier alpha value is -3.51. The lowest BCUT2D eigenvalue weighted by Crippen LogP contribution is -2.25. The molecule has 13 heteroatoms. The number of pyridine rings is 1. The fourth-order valence-electron chi connectivity index (χ4n) is 3.20. The van der Waals surface area contributed by atoms with E-state index in [1.54, 1.807) is 30.3 Å². The van der Waals surface area contributed by atoms with Crippen LogP contribution in [0.2, 0.25) is 10.0 Å². The Kier molecular flexibility index (Phi) is 7.55. The maximum atomic E-state index is 15.0. The lowest BCUT2D eigenvalue weighted by Gasteiger charge is -2.14. The Morgan fingerprint density at radius 1 is 1.08 bits per heavy atom. The van der Waals surface area contributed by atoms with Crippen molar-refractivity contribution in [2.45, 2.75) is 11.6 Å². The van der Waals surface area contributed by atoms with Crippen molar-refractivity contribution >= 4 is 39.0 Å². The fraction of sp³-hybridized carbons (Fsp3) is 0.0870. The van der Waals surface area contributed by atoms with Crippen molar-refractivity contribution in [2.75, 3.05) is 12.8 Å². The van der Waals surface area contributed by atoms with Crippen LogP contribution in [0.3, 0.4) is 0 Å². The monoisotopic (exact) mass is 549 g/mol. The minimum Gasteiger partial charge on any atom is -0.455 e. The lowest BCUT2D eigenvalue weighted by molar-refractivity contribution is 0.115. The minimum atomic E-state index is -4.50. The SMILES string of the molecule is COCn1ncccc1=NS(=O)(=O)c1cc(Cl)c(Oc2ccc(Cl)cc2-c2ccnc(N)c2)cc1F. The molecule has 0 atom stereocenters. The number of nitrogen functional groups attached to an aromatic ring is 1. The molecule has 0 amide bonds. The van der Waals surface area contributed by atoms with Gasteiger partial charge in [-0.3, -0.25) is 0 Å². The van der Waals surface area contributed by atoms with Crippen LogP contribution in [-0.2, 0) is 21.5 Å². The molecule has 0 fully saturated rings. The van der Waals surface area contributed by atoms with Crippen molar-refractivity contribution in [1.82, 2.24) is 14.8 Å². The molecule has 4 aromatic rings. The molecule has 0 aliphatic heterocycles. The summed E-state index contributed by atoms with van der Waals surface area (Å²) in [7, 11) is -3.09. The van der Waals surface area contributed by atoms with Gasteiger partial charge in [-0.25, -0.2) is 14.1 Å². The first-order chi connectivity index (χ1) is 17.2. The molecule has 36 heavy (non-hydrogen) atoms. The van der Waals surface area contributed by atoms with Crippen LogP contribution in [0.25, 0.3) is 11.1 Å². The number of aromatic nitrogens is 3. The van der Waals surface area contributed by atoms with Gasteiger partial charge in [-0.1, -0.05) is 23.2 Å². The molecule has 0 spiro atoms. The van der Waals surface area contributed by atoms with Crippen LogP contribution in [-0.4, -0.2) is 30.3 Å². The first-order valence-corrected chi connectivity index (χ1v) is 12.4. The van der Waals surface area contributed by atoms with Gasteiger partial charge in [-0.15, -0.1) is 4.40 Å². The number of methoxy groups -OCH3 is 1. The maximum absolute atomic E-state index is 15.0. The quantitative estimate of drug-likeness (QED) is 0.355. The topological polar surface area (TPSA) is 122 Å². The van der Waals surface area contributed by atoms with Gasteiger partial charge in [0.15, 0.2) is 5.49 Å². The number of hydrogen-bond acceptors (Lipinski definition) is 7. The Bertz CT molecular complexity index is 1610. The maximum Gasteiger partial charge on any atom is 0.287 e. The Labute approximate surface area is 215 Å². The van der Waals surface area contributed by atoms with Crippen LogP contribution in [0.5, 0.6) is 11.5 Å². The van der Waals surface area contributed by atoms with Gasteiger partial charge in [0.2, 0.25) is 0 Å². The second-order valence-electron chi connectivity index (χ2n) is 7.29. The largest absolute Gasteiger partial charge is 0.455 e. The van der Waals surface area contributed by atoms with Gasteiger partial charge in [0.25, 0.3) is 10.0 Å². The third-order valence-corrected chi connectivity index (χ3v) is 6.61. The highest BCUT2D eigenvalue weighted by atomic mass is 35.5. The molecular weight excluding hydrogens is 532 g/mol. The Morgan fingerprint density at radius 3 is 2.64 bits per heavy atom. The third-order valence-electron chi connectivity index (χ3n) is 4.78. The van der Waals surface area contributed by atoms with Gasteiger partial charge in [0.05, 0.1) is 5.02 Å². The summed E-state index contributed by atoms with van der Waals surface area (Å²) in [4.78, 5) is 3.23. The molecule has 0 radical (unpaired) electrons. The molecule has 0 saturated heterocycles. The van der Waals surface area contributed by atoms with Crippen molar-refractivity contribution in [3.05, 3.63) is 88.3 Å². The van der Waals surface area contributed by atoms with E-state index >= 15 is 4.39 Å². The molecule has 0 saturated carbocycles. The third kappa shape index (κ3) is 5.65. The highest BCUT2D eigenvalue weighted by Crippen LogP contribution is 2.39. The first-order valence-electron chi connectivity index (χ1n) is 10.2. The number of halogens is 3. The van der Waals surface area contributed by atoms with Gasteiger partial charge in [-0.2, -0.15) is 13.5 Å². The van der Waals surface area contributed by atoms with Gasteiger partial charge in [0, 0.05) is 36.2 Å². The van der Waals surface area contributed by atoms with Crippen LogP contribution in [0, 0.1) is 5.82 Å². The zero-order valence-electron chi connectivity index (χ0n) is 18.6. The second-order valence-corrected chi connectivity index (χ2v) is 9.71. The summed E-state index contributed by atoms with van der Waals surface area (Å²) < 4.78 is 56.5. The molecule has 186 valence electrons. The molecule has 2 heterocycles. The van der Waals surface area contributed by atoms with E-state index in [0.717, 1.165) is 12.1 Å². The molecule has 0 unspecified atom stereocenters. The van der Waals surface area contributed by atoms with E-state index in [4.69, 9.17) is 38.4 Å². The standard InChI is InChI=1S/C23H18Cl2FN5O4S/c1-34-13-31-23(3-2-7-29-31)30-36(32,33)21-11-17(25)20(12-18(21)26)35-19-5-4-15(24)10-16(19)14-6-8-28-22(27)9-14/h2-12H,13H2,1H3,(H2,27,28). The summed E-state index contributed by atoms with van der Waals surface area (Å²) in [6.07, 6.45) is 2.95. The molecule has 2 aromatic heterocycles. The molecule has 0 bridgehead atoms. The number of anilines is 1. The van der Waals surface area contributed by atoms with E-state index in [9.17, 15) is 8.42 Å². The molecule has 4 rings (SSSR count). The van der Waals surface area contributed by atoms with Crippen molar-refractivity contribution in [3.63, 3.8) is 0 Å². The number of hydrogen-bond donors (Lipinski definition) is 1. The second kappa shape index (κ2) is 10.6. The van der Waals surface area contributed by atoms with Crippen LogP contribution in [0.4, 0.5) is 10.2 Å². The Morgan fingerprint density at radius 2 is 1.89 bits per heavy atom. The number of nitrogens with zero attached hydrogens (tertiary/aromatic N) is 4. The van der Waals surface area contributed by atoms with Crippen molar-refractivity contribution in [1.29, 1.82) is 0 Å². The highest BCUT2D eigenvalue weighted by molar-refractivity contribution is 7.90. The zero-order chi connectivity index (χ0) is 25.9. The number of nitrogens with two attached hydrogens (primary N) is 1. The van der Waals surface area contributed by atoms with Gasteiger partial charge >= 0.3 is 0 Å². The normalized spacial score (nSPS) is 12.1. The van der Waals surface area contributed by atoms with Crippen LogP contribution < -0.4 is 16.0 Å². The number of rotatable bonds is 7. The molecule has 2 aromatic carbocycles. The summed E-state index contributed by atoms with van der Waals surface area (Å²) in [5, 5.41) is 4.23. The minimum absolute atomic E-state index is 0.0578. The average molecular weight is 550 g/mol. The average Bonchev–Trinajstić information content (AvgIpc) is 2.83. The lowest BCUT2D eigenvalue weighted by atomic mass is 10.1. The number of benzene rings is 2. The van der Waals surface area contributed by atoms with Crippen LogP contribution in [0.1, 0.15) is 0 Å². The van der Waals surface area contributed by atoms with Crippen molar-refractivity contribution in [2.24, 2.45) is 4.40 Å². The van der Waals surface area contributed by atoms with Crippen molar-refractivity contribution in [3.8, 4) is 22.6 Å². The van der Waals surface area contributed by atoms with Crippen LogP contribution in [0.15, 0.2) is 76.3 Å². The van der Waals surface area contributed by atoms with Gasteiger partial charge < -0.3 is 15.2 Å². The number of ether oxygens (including phenoxy) is 2. The summed E-state index contributed by atoms with van der Waals surface area (Å²) >= 11 is 12.5. The Balaban J connectivity index is 1.74. The van der Waals surface area contributed by atoms with E-state index < -0.39 is 20.7 Å². The fourth-order valence-corrected chi connectivity index (χ4v) is 4.71. The smallest absolute Gasteiger partial charge is 0.287 e. The zero-order valence-corrected chi connectivity index (χ0v) is 20.9. The molecule has 0 aliphatic carbocycles. The van der Waals surface area contributed by atoms with E-state index in [0.29, 0.717) is 16.1 Å². The van der Waals surface area contributed by atoms with E-state index in [-0.39, 0.29) is 34.6 Å². The molecule has 9 nitrogen and oxygen atoms in total. The van der Waals surface area contributed by atoms with Crippen LogP contribution >= 0.6 is 23.2 Å². The highest BCUT2D eigenvalue weighted by Gasteiger charge is 2.22.